The van der Waals surface area contributed by atoms with Crippen LogP contribution in [0.25, 0.3) is 0 Å². The van der Waals surface area contributed by atoms with E-state index in [4.69, 9.17) is 4.74 Å². The van der Waals surface area contributed by atoms with Crippen LogP contribution in [0.3, 0.4) is 0 Å². The highest BCUT2D eigenvalue weighted by Crippen LogP contribution is 2.49. The van der Waals surface area contributed by atoms with Crippen molar-refractivity contribution in [1.82, 2.24) is 9.80 Å². The number of hydrogen-bond acceptors (Lipinski definition) is 4. The highest BCUT2D eigenvalue weighted by Gasteiger charge is 2.32. The van der Waals surface area contributed by atoms with E-state index >= 15 is 0 Å². The first-order valence-corrected chi connectivity index (χ1v) is 11.9. The molecule has 0 unspecified atom stereocenters. The Hall–Kier alpha value is -2.79. The standard InChI is InChI=1S/C27H35N3O2/c1-5-29(6-2)27(31)21-11-12-24-26(19-21)32-25-10-8-7-9-23(25)30(24)22-14-17-28(18-15-22)16-13-20(3)4/h7-13,19,22H,5-6,14-18H2,1-4H3. The van der Waals surface area contributed by atoms with Crippen LogP contribution in [0.5, 0.6) is 11.5 Å². The maximum absolute atomic E-state index is 12.9. The first-order chi connectivity index (χ1) is 15.5. The van der Waals surface area contributed by atoms with Gasteiger partial charge in [0, 0.05) is 44.3 Å². The minimum atomic E-state index is 0.0550. The molecule has 5 nitrogen and oxygen atoms in total. The van der Waals surface area contributed by atoms with Crippen molar-refractivity contribution in [2.45, 2.75) is 46.6 Å². The monoisotopic (exact) mass is 433 g/mol. The summed E-state index contributed by atoms with van der Waals surface area (Å²) in [6, 6.07) is 14.6. The summed E-state index contributed by atoms with van der Waals surface area (Å²) in [5, 5.41) is 0. The molecule has 2 aromatic carbocycles. The Morgan fingerprint density at radius 1 is 1.03 bits per heavy atom. The molecule has 0 N–H and O–H groups in total. The first-order valence-electron chi connectivity index (χ1n) is 11.9. The summed E-state index contributed by atoms with van der Waals surface area (Å²) in [7, 11) is 0. The number of nitrogens with zero attached hydrogens (tertiary/aromatic N) is 3. The van der Waals surface area contributed by atoms with Crippen molar-refractivity contribution in [2.24, 2.45) is 0 Å². The van der Waals surface area contributed by atoms with Crippen molar-refractivity contribution >= 4 is 17.3 Å². The Labute approximate surface area is 192 Å². The van der Waals surface area contributed by atoms with Gasteiger partial charge in [-0.15, -0.1) is 0 Å². The number of rotatable bonds is 6. The molecule has 2 aliphatic heterocycles. The van der Waals surface area contributed by atoms with Crippen LogP contribution in [0.15, 0.2) is 54.1 Å². The normalized spacial score (nSPS) is 16.1. The lowest BCUT2D eigenvalue weighted by Gasteiger charge is -2.42. The lowest BCUT2D eigenvalue weighted by molar-refractivity contribution is 0.0772. The van der Waals surface area contributed by atoms with Gasteiger partial charge in [-0.1, -0.05) is 23.8 Å². The number of anilines is 2. The van der Waals surface area contributed by atoms with Crippen molar-refractivity contribution in [3.63, 3.8) is 0 Å². The summed E-state index contributed by atoms with van der Waals surface area (Å²) in [4.78, 5) is 19.7. The zero-order valence-corrected chi connectivity index (χ0v) is 19.8. The fourth-order valence-electron chi connectivity index (χ4n) is 4.68. The number of carbonyl (C=O) groups excluding carboxylic acids is 1. The topological polar surface area (TPSA) is 36.0 Å². The zero-order valence-electron chi connectivity index (χ0n) is 19.8. The van der Waals surface area contributed by atoms with E-state index in [1.807, 2.05) is 43.0 Å². The van der Waals surface area contributed by atoms with Gasteiger partial charge in [0.05, 0.1) is 11.4 Å². The molecule has 2 aromatic rings. The molecule has 0 saturated carbocycles. The maximum atomic E-state index is 12.9. The number of fused-ring (bicyclic) bond motifs is 2. The molecule has 170 valence electrons. The molecule has 5 heteroatoms. The van der Waals surface area contributed by atoms with Gasteiger partial charge in [-0.2, -0.15) is 0 Å². The second-order valence-electron chi connectivity index (χ2n) is 8.91. The number of benzene rings is 2. The number of likely N-dealkylation sites (tertiary alicyclic amines) is 1. The summed E-state index contributed by atoms with van der Waals surface area (Å²) in [5.74, 6) is 1.69. The van der Waals surface area contributed by atoms with Gasteiger partial charge in [0.1, 0.15) is 0 Å². The van der Waals surface area contributed by atoms with Gasteiger partial charge >= 0.3 is 0 Å². The van der Waals surface area contributed by atoms with Gasteiger partial charge in [0.2, 0.25) is 0 Å². The van der Waals surface area contributed by atoms with Crippen molar-refractivity contribution in [3.8, 4) is 11.5 Å². The molecule has 0 aliphatic carbocycles. The van der Waals surface area contributed by atoms with Gasteiger partial charge in [0.15, 0.2) is 11.5 Å². The minimum absolute atomic E-state index is 0.0550. The van der Waals surface area contributed by atoms with Crippen LogP contribution in [0.2, 0.25) is 0 Å². The van der Waals surface area contributed by atoms with Crippen LogP contribution >= 0.6 is 0 Å². The van der Waals surface area contributed by atoms with Gasteiger partial charge in [0.25, 0.3) is 5.91 Å². The predicted octanol–water partition coefficient (Wildman–Crippen LogP) is 5.84. The molecule has 0 spiro atoms. The fraction of sp³-hybridized carbons (Fsp3) is 0.444. The van der Waals surface area contributed by atoms with E-state index < -0.39 is 0 Å². The highest BCUT2D eigenvalue weighted by atomic mass is 16.5. The Balaban J connectivity index is 1.62. The number of para-hydroxylation sites is 2. The molecule has 32 heavy (non-hydrogen) atoms. The Kier molecular flexibility index (Phi) is 6.85. The molecule has 1 saturated heterocycles. The predicted molar refractivity (Wildman–Crippen MR) is 131 cm³/mol. The summed E-state index contributed by atoms with van der Waals surface area (Å²) in [6.45, 7) is 12.9. The van der Waals surface area contributed by atoms with E-state index in [0.717, 1.165) is 55.3 Å². The largest absolute Gasteiger partial charge is 0.453 e. The molecule has 0 atom stereocenters. The van der Waals surface area contributed by atoms with E-state index in [2.05, 4.69) is 47.9 Å². The number of carbonyl (C=O) groups is 1. The second kappa shape index (κ2) is 9.78. The third-order valence-electron chi connectivity index (χ3n) is 6.54. The minimum Gasteiger partial charge on any atom is -0.453 e. The fourth-order valence-corrected chi connectivity index (χ4v) is 4.68. The summed E-state index contributed by atoms with van der Waals surface area (Å²) >= 11 is 0. The number of hydrogen-bond donors (Lipinski definition) is 0. The van der Waals surface area contributed by atoms with Crippen LogP contribution in [0.4, 0.5) is 11.4 Å². The van der Waals surface area contributed by atoms with Crippen LogP contribution in [0, 0.1) is 0 Å². The Morgan fingerprint density at radius 3 is 2.41 bits per heavy atom. The summed E-state index contributed by atoms with van der Waals surface area (Å²) < 4.78 is 6.29. The SMILES string of the molecule is CCN(CC)C(=O)c1ccc2c(c1)Oc1ccccc1N2C1CCN(CC=C(C)C)CC1. The van der Waals surface area contributed by atoms with Crippen molar-refractivity contribution in [2.75, 3.05) is 37.6 Å². The third kappa shape index (κ3) is 4.53. The molecular weight excluding hydrogens is 398 g/mol. The van der Waals surface area contributed by atoms with E-state index in [1.54, 1.807) is 0 Å². The quantitative estimate of drug-likeness (QED) is 0.536. The maximum Gasteiger partial charge on any atom is 0.253 e. The van der Waals surface area contributed by atoms with Crippen molar-refractivity contribution in [3.05, 3.63) is 59.7 Å². The smallest absolute Gasteiger partial charge is 0.253 e. The van der Waals surface area contributed by atoms with Crippen LogP contribution in [0.1, 0.15) is 50.9 Å². The Morgan fingerprint density at radius 2 is 1.72 bits per heavy atom. The van der Waals surface area contributed by atoms with E-state index in [0.29, 0.717) is 24.7 Å². The van der Waals surface area contributed by atoms with E-state index in [9.17, 15) is 4.79 Å². The van der Waals surface area contributed by atoms with E-state index in [1.165, 1.54) is 5.57 Å². The summed E-state index contributed by atoms with van der Waals surface area (Å²) in [6.07, 6.45) is 4.52. The molecule has 0 bridgehead atoms. The molecule has 2 aliphatic rings. The molecule has 1 amide bonds. The van der Waals surface area contributed by atoms with Crippen molar-refractivity contribution in [1.29, 1.82) is 0 Å². The molecule has 0 radical (unpaired) electrons. The number of amides is 1. The second-order valence-corrected chi connectivity index (χ2v) is 8.91. The first kappa shape index (κ1) is 22.4. The van der Waals surface area contributed by atoms with Crippen molar-refractivity contribution < 1.29 is 9.53 Å². The van der Waals surface area contributed by atoms with Gasteiger partial charge in [-0.25, -0.2) is 0 Å². The average Bonchev–Trinajstić information content (AvgIpc) is 2.82. The lowest BCUT2D eigenvalue weighted by atomic mass is 9.99. The van der Waals surface area contributed by atoms with E-state index in [-0.39, 0.29) is 5.91 Å². The van der Waals surface area contributed by atoms with Gasteiger partial charge < -0.3 is 14.5 Å². The highest BCUT2D eigenvalue weighted by molar-refractivity contribution is 5.96. The number of piperidine rings is 1. The average molecular weight is 434 g/mol. The lowest BCUT2D eigenvalue weighted by Crippen LogP contribution is -2.44. The molecular formula is C27H35N3O2. The van der Waals surface area contributed by atoms with Crippen LogP contribution in [-0.4, -0.2) is 54.5 Å². The zero-order chi connectivity index (χ0) is 22.7. The summed E-state index contributed by atoms with van der Waals surface area (Å²) in [5.41, 5.74) is 4.23. The molecule has 1 fully saturated rings. The van der Waals surface area contributed by atoms with Gasteiger partial charge in [-0.05, 0) is 70.9 Å². The third-order valence-corrected chi connectivity index (χ3v) is 6.54. The molecule has 0 aromatic heterocycles. The Bertz CT molecular complexity index is 984. The molecule has 4 rings (SSSR count). The van der Waals surface area contributed by atoms with Crippen LogP contribution in [-0.2, 0) is 0 Å². The number of allylic oxidation sites excluding steroid dienone is 1. The van der Waals surface area contributed by atoms with Crippen LogP contribution < -0.4 is 9.64 Å². The number of ether oxygens (including phenoxy) is 1. The molecule has 2 heterocycles. The van der Waals surface area contributed by atoms with Gasteiger partial charge in [-0.3, -0.25) is 9.69 Å².